The summed E-state index contributed by atoms with van der Waals surface area (Å²) in [6.45, 7) is 6.72. The monoisotopic (exact) mass is 679 g/mol. The lowest BCUT2D eigenvalue weighted by Gasteiger charge is -2.18. The van der Waals surface area contributed by atoms with Gasteiger partial charge in [-0.2, -0.15) is 0 Å². The van der Waals surface area contributed by atoms with E-state index < -0.39 is 0 Å². The molecule has 10 rings (SSSR count). The van der Waals surface area contributed by atoms with Crippen LogP contribution in [0.1, 0.15) is 27.7 Å². The van der Waals surface area contributed by atoms with Crippen molar-refractivity contribution in [3.05, 3.63) is 181 Å². The minimum Gasteiger partial charge on any atom is -0.456 e. The molecule has 10 aromatic rings. The van der Waals surface area contributed by atoms with Crippen molar-refractivity contribution in [3.8, 4) is 44.5 Å². The Morgan fingerprint density at radius 1 is 0.396 bits per heavy atom. The zero-order valence-electron chi connectivity index (χ0n) is 31.1. The van der Waals surface area contributed by atoms with Crippen molar-refractivity contribution < 1.29 is 5.79 Å². The number of para-hydroxylation sites is 1. The average molecular weight is 680 g/mol. The lowest BCUT2D eigenvalue weighted by molar-refractivity contribution is 0.573. The van der Waals surface area contributed by atoms with Gasteiger partial charge >= 0.3 is 0 Å². The van der Waals surface area contributed by atoms with E-state index in [-0.39, 0.29) is 5.41 Å². The molecule has 53 heavy (non-hydrogen) atoms. The van der Waals surface area contributed by atoms with E-state index in [9.17, 15) is 0 Å². The Morgan fingerprint density at radius 2 is 0.962 bits per heavy atom. The van der Waals surface area contributed by atoms with E-state index in [1.807, 2.05) is 18.2 Å². The summed E-state index contributed by atoms with van der Waals surface area (Å²) in [5.41, 5.74) is 12.7. The van der Waals surface area contributed by atoms with E-state index in [0.717, 1.165) is 32.7 Å². The molecule has 0 saturated carbocycles. The van der Waals surface area contributed by atoms with Crippen molar-refractivity contribution >= 4 is 54.3 Å². The van der Waals surface area contributed by atoms with E-state index in [0.29, 0.717) is 6.04 Å². The van der Waals surface area contributed by atoms with Crippen LogP contribution in [0.4, 0.5) is 0 Å². The van der Waals surface area contributed by atoms with Crippen LogP contribution in [0.3, 0.4) is 0 Å². The van der Waals surface area contributed by atoms with Gasteiger partial charge in [0.05, 0.1) is 1.37 Å². The quantitative estimate of drug-likeness (QED) is 0.169. The number of furan rings is 1. The molecule has 0 aliphatic heterocycles. The first-order chi connectivity index (χ1) is 26.3. The first kappa shape index (κ1) is 30.2. The van der Waals surface area contributed by atoms with E-state index >= 15 is 0 Å². The molecule has 0 aliphatic carbocycles. The second-order valence-corrected chi connectivity index (χ2v) is 15.2. The Kier molecular flexibility index (Phi) is 6.88. The van der Waals surface area contributed by atoms with E-state index in [1.54, 1.807) is 0 Å². The molecular weight excluding hydrogens is 641 g/mol. The third-order valence-electron chi connectivity index (χ3n) is 10.9. The number of benzene rings is 9. The minimum absolute atomic E-state index is 0.0124. The fourth-order valence-electron chi connectivity index (χ4n) is 8.31. The summed E-state index contributed by atoms with van der Waals surface area (Å²) in [6, 6.07) is 61.7. The zero-order chi connectivity index (χ0) is 36.6. The van der Waals surface area contributed by atoms with Gasteiger partial charge < -0.3 is 4.42 Å². The molecular formula is C52H38O. The van der Waals surface area contributed by atoms with Gasteiger partial charge in [-0.25, -0.2) is 0 Å². The van der Waals surface area contributed by atoms with Crippen molar-refractivity contribution in [2.24, 2.45) is 0 Å². The second-order valence-electron chi connectivity index (χ2n) is 15.2. The molecule has 252 valence electrons. The van der Waals surface area contributed by atoms with Crippen LogP contribution in [0.25, 0.3) is 98.8 Å². The molecule has 1 heteroatoms. The Labute approximate surface area is 311 Å². The standard InChI is InChI=1S/C52H38O/c1-52(2,3)47-21-11-20-45-46-32-39(28-29-48(46)53-51(45)47)37-14-10-15-40(31-37)50-43-18-8-6-16-41(43)49(42-17-7-9-19-44(42)50)35-25-22-34(23-26-35)38-27-24-33-12-4-5-13-36(33)30-38/h4-32H,1-3H3/i4D. The smallest absolute Gasteiger partial charge is 0.139 e. The predicted molar refractivity (Wildman–Crippen MR) is 227 cm³/mol. The van der Waals surface area contributed by atoms with Crippen LogP contribution in [-0.2, 0) is 5.41 Å². The molecule has 0 unspecified atom stereocenters. The second kappa shape index (κ2) is 12.1. The lowest BCUT2D eigenvalue weighted by atomic mass is 9.85. The summed E-state index contributed by atoms with van der Waals surface area (Å²) in [6.07, 6.45) is 0. The number of rotatable bonds is 4. The van der Waals surface area contributed by atoms with Crippen molar-refractivity contribution in [1.29, 1.82) is 0 Å². The van der Waals surface area contributed by atoms with Gasteiger partial charge in [-0.05, 0) is 107 Å². The van der Waals surface area contributed by atoms with Crippen LogP contribution in [-0.4, -0.2) is 0 Å². The largest absolute Gasteiger partial charge is 0.456 e. The molecule has 0 aliphatic rings. The molecule has 0 amide bonds. The highest BCUT2D eigenvalue weighted by Gasteiger charge is 2.21. The Hall–Kier alpha value is -6.44. The van der Waals surface area contributed by atoms with Gasteiger partial charge in [-0.3, -0.25) is 0 Å². The maximum atomic E-state index is 7.98. The molecule has 0 bridgehead atoms. The van der Waals surface area contributed by atoms with Crippen LogP contribution in [0.2, 0.25) is 0 Å². The molecule has 0 spiro atoms. The van der Waals surface area contributed by atoms with Crippen LogP contribution < -0.4 is 0 Å². The highest BCUT2D eigenvalue weighted by atomic mass is 16.3. The van der Waals surface area contributed by atoms with E-state index in [4.69, 9.17) is 5.79 Å². The number of hydrogen-bond donors (Lipinski definition) is 0. The molecule has 1 nitrogen and oxygen atoms in total. The van der Waals surface area contributed by atoms with Gasteiger partial charge in [-0.15, -0.1) is 0 Å². The predicted octanol–water partition coefficient (Wildman–Crippen LogP) is 15.0. The Bertz CT molecular complexity index is 3030. The van der Waals surface area contributed by atoms with Crippen LogP contribution in [0.5, 0.6) is 0 Å². The summed E-state index contributed by atoms with van der Waals surface area (Å²) in [5, 5.41) is 9.50. The average Bonchev–Trinajstić information content (AvgIpc) is 3.57. The summed E-state index contributed by atoms with van der Waals surface area (Å²) < 4.78 is 14.5. The van der Waals surface area contributed by atoms with E-state index in [2.05, 4.69) is 172 Å². The maximum Gasteiger partial charge on any atom is 0.139 e. The third kappa shape index (κ3) is 5.23. The molecule has 1 aromatic heterocycles. The van der Waals surface area contributed by atoms with Gasteiger partial charge in [0.1, 0.15) is 11.2 Å². The van der Waals surface area contributed by atoms with Crippen molar-refractivity contribution in [2.45, 2.75) is 26.2 Å². The third-order valence-corrected chi connectivity index (χ3v) is 10.9. The van der Waals surface area contributed by atoms with Gasteiger partial charge in [0, 0.05) is 16.3 Å². The highest BCUT2D eigenvalue weighted by Crippen LogP contribution is 2.45. The molecule has 1 heterocycles. The van der Waals surface area contributed by atoms with Crippen LogP contribution >= 0.6 is 0 Å². The SMILES string of the molecule is [2H]c1ccc2cc(-c3ccc(-c4c5ccccc5c(-c5cccc(-c6ccc7oc8c(C(C)(C)C)cccc8c7c6)c5)c5ccccc45)cc3)ccc2c1. The Balaban J connectivity index is 1.10. The summed E-state index contributed by atoms with van der Waals surface area (Å²) in [7, 11) is 0. The highest BCUT2D eigenvalue weighted by molar-refractivity contribution is 6.21. The number of fused-ring (bicyclic) bond motifs is 6. The molecule has 0 N–H and O–H groups in total. The molecule has 0 radical (unpaired) electrons. The first-order valence-corrected chi connectivity index (χ1v) is 18.4. The first-order valence-electron chi connectivity index (χ1n) is 18.9. The maximum absolute atomic E-state index is 7.98. The minimum atomic E-state index is -0.0124. The molecule has 9 aromatic carbocycles. The summed E-state index contributed by atoms with van der Waals surface area (Å²) in [4.78, 5) is 0. The van der Waals surface area contributed by atoms with Crippen LogP contribution in [0.15, 0.2) is 180 Å². The molecule has 0 saturated heterocycles. The van der Waals surface area contributed by atoms with Gasteiger partial charge in [0.2, 0.25) is 0 Å². The zero-order valence-corrected chi connectivity index (χ0v) is 30.1. The Morgan fingerprint density at radius 3 is 1.68 bits per heavy atom. The summed E-state index contributed by atoms with van der Waals surface area (Å²) >= 11 is 0. The molecule has 0 fully saturated rings. The van der Waals surface area contributed by atoms with E-state index in [1.165, 1.54) is 71.6 Å². The topological polar surface area (TPSA) is 13.1 Å². The van der Waals surface area contributed by atoms with Crippen molar-refractivity contribution in [1.82, 2.24) is 0 Å². The fourth-order valence-corrected chi connectivity index (χ4v) is 8.31. The number of hydrogen-bond acceptors (Lipinski definition) is 1. The fraction of sp³-hybridized carbons (Fsp3) is 0.0769. The van der Waals surface area contributed by atoms with Crippen LogP contribution in [0, 0.1) is 0 Å². The normalized spacial score (nSPS) is 12.3. The molecule has 0 atom stereocenters. The van der Waals surface area contributed by atoms with Gasteiger partial charge in [0.15, 0.2) is 0 Å². The lowest BCUT2D eigenvalue weighted by Crippen LogP contribution is -2.10. The van der Waals surface area contributed by atoms with Gasteiger partial charge in [0.25, 0.3) is 0 Å². The summed E-state index contributed by atoms with van der Waals surface area (Å²) in [5.74, 6) is 0. The van der Waals surface area contributed by atoms with Gasteiger partial charge in [-0.1, -0.05) is 172 Å². The van der Waals surface area contributed by atoms with Crippen molar-refractivity contribution in [2.75, 3.05) is 0 Å². The van der Waals surface area contributed by atoms with Crippen molar-refractivity contribution in [3.63, 3.8) is 0 Å².